The summed E-state index contributed by atoms with van der Waals surface area (Å²) in [6, 6.07) is 0. The second kappa shape index (κ2) is 5.81. The van der Waals surface area contributed by atoms with Gasteiger partial charge in [-0.05, 0) is 20.8 Å². The highest BCUT2D eigenvalue weighted by molar-refractivity contribution is 7.13. The molecule has 1 amide bonds. The number of esters is 1. The molecule has 7 heteroatoms. The van der Waals surface area contributed by atoms with Crippen molar-refractivity contribution < 1.29 is 14.3 Å². The van der Waals surface area contributed by atoms with Crippen LogP contribution in [0.5, 0.6) is 0 Å². The van der Waals surface area contributed by atoms with Crippen molar-refractivity contribution >= 4 is 28.3 Å². The summed E-state index contributed by atoms with van der Waals surface area (Å²) < 4.78 is 4.54. The van der Waals surface area contributed by atoms with Crippen LogP contribution in [0.3, 0.4) is 0 Å². The van der Waals surface area contributed by atoms with Crippen molar-refractivity contribution in [1.29, 1.82) is 0 Å². The smallest absolute Gasteiger partial charge is 0.357 e. The first-order valence-corrected chi connectivity index (χ1v) is 6.28. The van der Waals surface area contributed by atoms with Gasteiger partial charge in [-0.3, -0.25) is 4.79 Å². The minimum absolute atomic E-state index is 0.116. The fraction of sp³-hybridized carbons (Fsp3) is 0.545. The van der Waals surface area contributed by atoms with Crippen LogP contribution >= 0.6 is 11.3 Å². The van der Waals surface area contributed by atoms with Crippen LogP contribution in [0.15, 0.2) is 5.38 Å². The number of amides is 1. The monoisotopic (exact) mass is 271 g/mol. The van der Waals surface area contributed by atoms with E-state index in [1.165, 1.54) is 18.4 Å². The highest BCUT2D eigenvalue weighted by atomic mass is 32.1. The highest BCUT2D eigenvalue weighted by Crippen LogP contribution is 2.15. The lowest BCUT2D eigenvalue weighted by atomic mass is 10.1. The summed E-state index contributed by atoms with van der Waals surface area (Å²) in [5, 5.41) is 7.76. The first-order chi connectivity index (χ1) is 8.31. The Morgan fingerprint density at radius 3 is 2.67 bits per heavy atom. The number of methoxy groups -OCH3 is 1. The summed E-state index contributed by atoms with van der Waals surface area (Å²) in [7, 11) is 1.30. The van der Waals surface area contributed by atoms with Crippen LogP contribution in [0.1, 0.15) is 31.3 Å². The molecule has 0 unspecified atom stereocenters. The number of nitrogens with one attached hydrogen (secondary N) is 2. The maximum atomic E-state index is 11.5. The van der Waals surface area contributed by atoms with E-state index in [-0.39, 0.29) is 23.7 Å². The van der Waals surface area contributed by atoms with Gasteiger partial charge in [0.2, 0.25) is 5.91 Å². The Kier molecular flexibility index (Phi) is 4.66. The predicted octanol–water partition coefficient (Wildman–Crippen LogP) is 1.26. The Hall–Kier alpha value is -1.63. The molecule has 0 spiro atoms. The Morgan fingerprint density at radius 1 is 1.44 bits per heavy atom. The van der Waals surface area contributed by atoms with E-state index in [9.17, 15) is 9.59 Å². The maximum Gasteiger partial charge on any atom is 0.357 e. The molecule has 0 radical (unpaired) electrons. The summed E-state index contributed by atoms with van der Waals surface area (Å²) >= 11 is 1.25. The zero-order valence-corrected chi connectivity index (χ0v) is 11.7. The second-order valence-corrected chi connectivity index (χ2v) is 5.54. The minimum Gasteiger partial charge on any atom is -0.464 e. The number of carbonyl (C=O) groups excluding carboxylic acids is 2. The van der Waals surface area contributed by atoms with E-state index in [1.807, 2.05) is 20.8 Å². The summed E-state index contributed by atoms with van der Waals surface area (Å²) in [6.45, 7) is 5.84. The number of thiazole rings is 1. The number of anilines is 1. The third-order valence-electron chi connectivity index (χ3n) is 1.81. The first kappa shape index (κ1) is 14.4. The van der Waals surface area contributed by atoms with Gasteiger partial charge < -0.3 is 15.4 Å². The molecule has 1 aromatic heterocycles. The third kappa shape index (κ3) is 4.70. The summed E-state index contributed by atoms with van der Waals surface area (Å²) in [5.74, 6) is -0.615. The Bertz CT molecular complexity index is 437. The van der Waals surface area contributed by atoms with Crippen molar-refractivity contribution in [3.63, 3.8) is 0 Å². The van der Waals surface area contributed by atoms with Crippen molar-refractivity contribution in [2.45, 2.75) is 26.3 Å². The van der Waals surface area contributed by atoms with Crippen molar-refractivity contribution in [3.05, 3.63) is 11.1 Å². The number of rotatable bonds is 4. The molecule has 100 valence electrons. The number of carbonyl (C=O) groups is 2. The van der Waals surface area contributed by atoms with Gasteiger partial charge in [-0.2, -0.15) is 0 Å². The number of hydrogen-bond donors (Lipinski definition) is 2. The molecule has 2 N–H and O–H groups in total. The van der Waals surface area contributed by atoms with Crippen LogP contribution in [0, 0.1) is 0 Å². The van der Waals surface area contributed by atoms with Crippen LogP contribution in [-0.2, 0) is 9.53 Å². The molecule has 0 saturated carbocycles. The first-order valence-electron chi connectivity index (χ1n) is 5.40. The fourth-order valence-corrected chi connectivity index (χ4v) is 1.85. The van der Waals surface area contributed by atoms with Gasteiger partial charge in [-0.25, -0.2) is 9.78 Å². The van der Waals surface area contributed by atoms with Gasteiger partial charge in [-0.15, -0.1) is 11.3 Å². The van der Waals surface area contributed by atoms with Gasteiger partial charge in [0, 0.05) is 10.9 Å². The number of hydrogen-bond acceptors (Lipinski definition) is 6. The van der Waals surface area contributed by atoms with Gasteiger partial charge in [0.15, 0.2) is 10.8 Å². The maximum absolute atomic E-state index is 11.5. The Morgan fingerprint density at radius 2 is 2.11 bits per heavy atom. The number of nitrogens with zero attached hydrogens (tertiary/aromatic N) is 1. The number of aromatic nitrogens is 1. The predicted molar refractivity (Wildman–Crippen MR) is 69.8 cm³/mol. The van der Waals surface area contributed by atoms with Crippen molar-refractivity contribution in [3.8, 4) is 0 Å². The normalized spacial score (nSPS) is 10.9. The molecule has 1 rings (SSSR count). The molecular weight excluding hydrogens is 254 g/mol. The lowest BCUT2D eigenvalue weighted by Crippen LogP contribution is -2.43. The molecule has 0 aliphatic carbocycles. The van der Waals surface area contributed by atoms with Crippen molar-refractivity contribution in [2.75, 3.05) is 19.0 Å². The lowest BCUT2D eigenvalue weighted by Gasteiger charge is -2.20. The summed E-state index contributed by atoms with van der Waals surface area (Å²) in [4.78, 5) is 26.7. The van der Waals surface area contributed by atoms with E-state index in [4.69, 9.17) is 0 Å². The second-order valence-electron chi connectivity index (χ2n) is 4.68. The van der Waals surface area contributed by atoms with E-state index < -0.39 is 5.97 Å². The zero-order chi connectivity index (χ0) is 13.8. The molecule has 18 heavy (non-hydrogen) atoms. The lowest BCUT2D eigenvalue weighted by molar-refractivity contribution is -0.120. The molecule has 0 aliphatic heterocycles. The average Bonchev–Trinajstić information content (AvgIpc) is 2.71. The van der Waals surface area contributed by atoms with Crippen LogP contribution in [0.4, 0.5) is 5.13 Å². The molecule has 0 saturated heterocycles. The fourth-order valence-electron chi connectivity index (χ4n) is 1.17. The van der Waals surface area contributed by atoms with Crippen LogP contribution in [-0.4, -0.2) is 36.1 Å². The topological polar surface area (TPSA) is 80.3 Å². The standard InChI is InChI=1S/C11H17N3O3S/c1-11(2,3)14-8(15)5-12-10-13-7(6-18-10)9(16)17-4/h6H,5H2,1-4H3,(H,12,13)(H,14,15). The quantitative estimate of drug-likeness (QED) is 0.806. The SMILES string of the molecule is COC(=O)c1csc(NCC(=O)NC(C)(C)C)n1. The molecule has 1 heterocycles. The molecule has 0 bridgehead atoms. The van der Waals surface area contributed by atoms with Crippen molar-refractivity contribution in [2.24, 2.45) is 0 Å². The van der Waals surface area contributed by atoms with Crippen LogP contribution < -0.4 is 10.6 Å². The van der Waals surface area contributed by atoms with E-state index in [1.54, 1.807) is 5.38 Å². The summed E-state index contributed by atoms with van der Waals surface area (Å²) in [5.41, 5.74) is -0.0278. The summed E-state index contributed by atoms with van der Waals surface area (Å²) in [6.07, 6.45) is 0. The molecular formula is C11H17N3O3S. The minimum atomic E-state index is -0.488. The molecule has 0 aliphatic rings. The van der Waals surface area contributed by atoms with E-state index in [0.717, 1.165) is 0 Å². The average molecular weight is 271 g/mol. The van der Waals surface area contributed by atoms with Gasteiger partial charge in [0.25, 0.3) is 0 Å². The highest BCUT2D eigenvalue weighted by Gasteiger charge is 2.14. The Balaban J connectivity index is 2.47. The largest absolute Gasteiger partial charge is 0.464 e. The Labute approximate surface area is 110 Å². The van der Waals surface area contributed by atoms with Gasteiger partial charge in [0.1, 0.15) is 0 Å². The number of ether oxygens (including phenoxy) is 1. The zero-order valence-electron chi connectivity index (χ0n) is 10.9. The van der Waals surface area contributed by atoms with Gasteiger partial charge >= 0.3 is 5.97 Å². The van der Waals surface area contributed by atoms with E-state index in [0.29, 0.717) is 5.13 Å². The third-order valence-corrected chi connectivity index (χ3v) is 2.61. The van der Waals surface area contributed by atoms with Crippen LogP contribution in [0.25, 0.3) is 0 Å². The van der Waals surface area contributed by atoms with Gasteiger partial charge in [0.05, 0.1) is 13.7 Å². The molecule has 1 aromatic rings. The van der Waals surface area contributed by atoms with E-state index >= 15 is 0 Å². The van der Waals surface area contributed by atoms with Gasteiger partial charge in [-0.1, -0.05) is 0 Å². The van der Waals surface area contributed by atoms with E-state index in [2.05, 4.69) is 20.4 Å². The molecule has 0 aromatic carbocycles. The molecule has 0 atom stereocenters. The molecule has 0 fully saturated rings. The van der Waals surface area contributed by atoms with Crippen LogP contribution in [0.2, 0.25) is 0 Å². The van der Waals surface area contributed by atoms with Crippen molar-refractivity contribution in [1.82, 2.24) is 10.3 Å². The molecule has 6 nitrogen and oxygen atoms in total.